The molecule has 1 N–H and O–H groups in total. The summed E-state index contributed by atoms with van der Waals surface area (Å²) in [6, 6.07) is 7.82. The molecule has 3 rings (SSSR count). The van der Waals surface area contributed by atoms with Crippen LogP contribution in [0.1, 0.15) is 31.7 Å². The predicted molar refractivity (Wildman–Crippen MR) is 96.5 cm³/mol. The van der Waals surface area contributed by atoms with Gasteiger partial charge in [0.05, 0.1) is 5.69 Å². The van der Waals surface area contributed by atoms with Gasteiger partial charge in [-0.1, -0.05) is 31.5 Å². The lowest BCUT2D eigenvalue weighted by Crippen LogP contribution is -2.33. The lowest BCUT2D eigenvalue weighted by Gasteiger charge is -2.18. The fourth-order valence-electron chi connectivity index (χ4n) is 2.15. The monoisotopic (exact) mass is 331 g/mol. The van der Waals surface area contributed by atoms with Gasteiger partial charge in [0.1, 0.15) is 11.7 Å². The molecule has 1 aliphatic rings. The molecule has 0 saturated carbocycles. The standard InChI is InChI=1S/C15H16ClN5.C2H6/c1-10-3-4-12(9-13(10)16)21-8-6-15(20-21)19-14-5-7-17-11(2)18-14;1-2/h3-5,7,9H,6,8H2,1-2H3,(H,17,18,19,20);1-2H3. The maximum absolute atomic E-state index is 6.17. The summed E-state index contributed by atoms with van der Waals surface area (Å²) in [4.78, 5) is 12.9. The fourth-order valence-corrected chi connectivity index (χ4v) is 2.33. The first-order valence-corrected chi connectivity index (χ1v) is 8.17. The molecule has 1 aromatic heterocycles. The van der Waals surface area contributed by atoms with Crippen LogP contribution in [-0.4, -0.2) is 22.3 Å². The van der Waals surface area contributed by atoms with Gasteiger partial charge in [0.2, 0.25) is 0 Å². The molecule has 1 saturated heterocycles. The van der Waals surface area contributed by atoms with Crippen LogP contribution in [0.15, 0.2) is 35.5 Å². The summed E-state index contributed by atoms with van der Waals surface area (Å²) in [6.45, 7) is 8.70. The molecule has 0 spiro atoms. The second-order valence-electron chi connectivity index (χ2n) is 4.97. The van der Waals surface area contributed by atoms with Crippen molar-refractivity contribution < 1.29 is 0 Å². The Labute approximate surface area is 142 Å². The Bertz CT molecular complexity index is 699. The number of aryl methyl sites for hydroxylation is 2. The first kappa shape index (κ1) is 17.2. The Balaban J connectivity index is 0.000000924. The molecule has 1 aromatic carbocycles. The summed E-state index contributed by atoms with van der Waals surface area (Å²) in [6.07, 6.45) is 2.56. The maximum atomic E-state index is 6.17. The lowest BCUT2D eigenvalue weighted by atomic mass is 10.2. The van der Waals surface area contributed by atoms with Crippen LogP contribution in [0.3, 0.4) is 0 Å². The van der Waals surface area contributed by atoms with Crippen molar-refractivity contribution >= 4 is 28.9 Å². The zero-order valence-corrected chi connectivity index (χ0v) is 14.7. The number of nitrogens with one attached hydrogen (secondary N) is 1. The zero-order chi connectivity index (χ0) is 16.8. The lowest BCUT2D eigenvalue weighted by molar-refractivity contribution is 0.857. The van der Waals surface area contributed by atoms with Crippen LogP contribution in [0.5, 0.6) is 0 Å². The summed E-state index contributed by atoms with van der Waals surface area (Å²) >= 11 is 6.17. The van der Waals surface area contributed by atoms with Gasteiger partial charge in [-0.15, -0.1) is 0 Å². The fraction of sp³-hybridized carbons (Fsp3) is 0.353. The number of rotatable bonds is 2. The summed E-state index contributed by atoms with van der Waals surface area (Å²) in [5.41, 5.74) is 5.40. The molecule has 2 aromatic rings. The molecule has 1 fully saturated rings. The van der Waals surface area contributed by atoms with Gasteiger partial charge in [0.25, 0.3) is 0 Å². The van der Waals surface area contributed by atoms with Gasteiger partial charge in [-0.05, 0) is 31.5 Å². The minimum absolute atomic E-state index is 0.675. The van der Waals surface area contributed by atoms with Crippen molar-refractivity contribution in [1.29, 1.82) is 0 Å². The molecular formula is C17H22ClN5. The van der Waals surface area contributed by atoms with Crippen LogP contribution < -0.4 is 10.4 Å². The summed E-state index contributed by atoms with van der Waals surface area (Å²) in [5, 5.41) is 2.81. The van der Waals surface area contributed by atoms with Crippen LogP contribution >= 0.6 is 11.6 Å². The SMILES string of the molecule is CC.Cc1nccc(N=C2CCN(c3ccc(C)c(Cl)c3)N2)n1. The average molecular weight is 332 g/mol. The Morgan fingerprint density at radius 1 is 1.22 bits per heavy atom. The molecule has 0 bridgehead atoms. The van der Waals surface area contributed by atoms with Crippen molar-refractivity contribution in [2.24, 2.45) is 4.99 Å². The molecule has 122 valence electrons. The Morgan fingerprint density at radius 2 is 2.00 bits per heavy atom. The molecule has 0 amide bonds. The van der Waals surface area contributed by atoms with Crippen molar-refractivity contribution in [2.75, 3.05) is 11.6 Å². The predicted octanol–water partition coefficient (Wildman–Crippen LogP) is 4.22. The highest BCUT2D eigenvalue weighted by Crippen LogP contribution is 2.24. The summed E-state index contributed by atoms with van der Waals surface area (Å²) in [5.74, 6) is 2.29. The molecule has 1 aliphatic heterocycles. The van der Waals surface area contributed by atoms with E-state index in [1.54, 1.807) is 12.3 Å². The smallest absolute Gasteiger partial charge is 0.157 e. The van der Waals surface area contributed by atoms with Gasteiger partial charge < -0.3 is 0 Å². The number of amidine groups is 1. The molecule has 5 nitrogen and oxygen atoms in total. The van der Waals surface area contributed by atoms with E-state index in [0.29, 0.717) is 5.82 Å². The van der Waals surface area contributed by atoms with Crippen LogP contribution in [0, 0.1) is 13.8 Å². The van der Waals surface area contributed by atoms with Crippen molar-refractivity contribution in [3.63, 3.8) is 0 Å². The van der Waals surface area contributed by atoms with Crippen molar-refractivity contribution in [1.82, 2.24) is 15.4 Å². The van der Waals surface area contributed by atoms with Crippen molar-refractivity contribution in [3.05, 3.63) is 46.9 Å². The highest BCUT2D eigenvalue weighted by Gasteiger charge is 2.18. The van der Waals surface area contributed by atoms with E-state index in [-0.39, 0.29) is 0 Å². The maximum Gasteiger partial charge on any atom is 0.157 e. The number of hydrogen-bond acceptors (Lipinski definition) is 4. The van der Waals surface area contributed by atoms with Gasteiger partial charge in [-0.25, -0.2) is 15.0 Å². The first-order valence-electron chi connectivity index (χ1n) is 7.79. The number of anilines is 1. The number of hydrazine groups is 1. The van der Waals surface area contributed by atoms with E-state index in [1.807, 2.05) is 50.9 Å². The van der Waals surface area contributed by atoms with E-state index < -0.39 is 0 Å². The minimum atomic E-state index is 0.675. The number of hydrogen-bond donors (Lipinski definition) is 1. The number of halogens is 1. The third-order valence-electron chi connectivity index (χ3n) is 3.31. The van der Waals surface area contributed by atoms with Crippen molar-refractivity contribution in [3.8, 4) is 0 Å². The van der Waals surface area contributed by atoms with Crippen LogP contribution in [0.25, 0.3) is 0 Å². The van der Waals surface area contributed by atoms with Gasteiger partial charge in [-0.2, -0.15) is 0 Å². The molecule has 2 heterocycles. The topological polar surface area (TPSA) is 53.4 Å². The van der Waals surface area contributed by atoms with Gasteiger partial charge in [0, 0.05) is 30.3 Å². The number of aromatic nitrogens is 2. The molecule has 0 aliphatic carbocycles. The second-order valence-corrected chi connectivity index (χ2v) is 5.37. The number of aliphatic imine (C=N–C) groups is 1. The van der Waals surface area contributed by atoms with E-state index in [1.165, 1.54) is 0 Å². The van der Waals surface area contributed by atoms with Crippen LogP contribution in [0.2, 0.25) is 5.02 Å². The number of benzene rings is 1. The molecule has 23 heavy (non-hydrogen) atoms. The van der Waals surface area contributed by atoms with Crippen molar-refractivity contribution in [2.45, 2.75) is 34.1 Å². The Kier molecular flexibility index (Phi) is 5.93. The van der Waals surface area contributed by atoms with Gasteiger partial charge in [0.15, 0.2) is 5.82 Å². The molecule has 6 heteroatoms. The zero-order valence-electron chi connectivity index (χ0n) is 14.0. The largest absolute Gasteiger partial charge is 0.286 e. The van der Waals surface area contributed by atoms with E-state index in [4.69, 9.17) is 11.6 Å². The Hall–Kier alpha value is -2.14. The van der Waals surface area contributed by atoms with E-state index in [9.17, 15) is 0 Å². The molecule has 0 atom stereocenters. The van der Waals surface area contributed by atoms with Crippen LogP contribution in [0.4, 0.5) is 11.5 Å². The number of nitrogens with zero attached hydrogens (tertiary/aromatic N) is 4. The summed E-state index contributed by atoms with van der Waals surface area (Å²) < 4.78 is 0. The molecule has 0 unspecified atom stereocenters. The molecule has 0 radical (unpaired) electrons. The molecular weight excluding hydrogens is 310 g/mol. The Morgan fingerprint density at radius 3 is 2.70 bits per heavy atom. The highest BCUT2D eigenvalue weighted by molar-refractivity contribution is 6.31. The highest BCUT2D eigenvalue weighted by atomic mass is 35.5. The first-order chi connectivity index (χ1) is 11.1. The van der Waals surface area contributed by atoms with E-state index >= 15 is 0 Å². The van der Waals surface area contributed by atoms with Crippen LogP contribution in [-0.2, 0) is 0 Å². The second kappa shape index (κ2) is 7.92. The summed E-state index contributed by atoms with van der Waals surface area (Å²) in [7, 11) is 0. The third kappa shape index (κ3) is 4.42. The normalized spacial score (nSPS) is 15.2. The third-order valence-corrected chi connectivity index (χ3v) is 3.72. The van der Waals surface area contributed by atoms with Gasteiger partial charge in [-0.3, -0.25) is 10.4 Å². The van der Waals surface area contributed by atoms with Gasteiger partial charge >= 0.3 is 0 Å². The van der Waals surface area contributed by atoms with E-state index in [0.717, 1.165) is 40.9 Å². The average Bonchev–Trinajstić information content (AvgIpc) is 3.00. The quantitative estimate of drug-likeness (QED) is 0.895. The van der Waals surface area contributed by atoms with E-state index in [2.05, 4.69) is 20.4 Å². The minimum Gasteiger partial charge on any atom is -0.286 e.